The summed E-state index contributed by atoms with van der Waals surface area (Å²) < 4.78 is 6.21. The van der Waals surface area contributed by atoms with Crippen LogP contribution in [0, 0.1) is 0 Å². The molecule has 0 aromatic heterocycles. The molecule has 2 amide bonds. The van der Waals surface area contributed by atoms with E-state index in [-0.39, 0.29) is 22.3 Å². The van der Waals surface area contributed by atoms with E-state index in [0.717, 1.165) is 16.5 Å². The maximum atomic E-state index is 12.1. The molecular formula is C18H16BrCl2N3O3S. The van der Waals surface area contributed by atoms with Crippen molar-refractivity contribution in [2.75, 3.05) is 6.61 Å². The Morgan fingerprint density at radius 1 is 1.14 bits per heavy atom. The van der Waals surface area contributed by atoms with Gasteiger partial charge in [-0.05, 0) is 70.5 Å². The summed E-state index contributed by atoms with van der Waals surface area (Å²) in [5, 5.41) is 2.89. The van der Waals surface area contributed by atoms with Crippen LogP contribution >= 0.6 is 51.3 Å². The summed E-state index contributed by atoms with van der Waals surface area (Å²) in [6.45, 7) is 1.81. The highest BCUT2D eigenvalue weighted by Gasteiger charge is 2.13. The predicted molar refractivity (Wildman–Crippen MR) is 117 cm³/mol. The summed E-state index contributed by atoms with van der Waals surface area (Å²) in [7, 11) is 0. The molecule has 0 fully saturated rings. The summed E-state index contributed by atoms with van der Waals surface area (Å²) in [6, 6.07) is 10.1. The van der Waals surface area contributed by atoms with Gasteiger partial charge in [-0.25, -0.2) is 0 Å². The van der Waals surface area contributed by atoms with Gasteiger partial charge in [0.1, 0.15) is 5.75 Å². The number of halogens is 3. The number of hydrogen-bond acceptors (Lipinski definition) is 4. The molecule has 0 spiro atoms. The molecule has 0 bridgehead atoms. The fraction of sp³-hybridized carbons (Fsp3) is 0.167. The predicted octanol–water partition coefficient (Wildman–Crippen LogP) is 4.03. The lowest BCUT2D eigenvalue weighted by Gasteiger charge is -2.12. The third-order valence-corrected chi connectivity index (χ3v) is 4.85. The van der Waals surface area contributed by atoms with Crippen LogP contribution in [0.15, 0.2) is 40.9 Å². The van der Waals surface area contributed by atoms with E-state index in [1.807, 2.05) is 19.1 Å². The number of rotatable bonds is 5. The van der Waals surface area contributed by atoms with Gasteiger partial charge in [-0.2, -0.15) is 0 Å². The number of amides is 2. The van der Waals surface area contributed by atoms with Crippen molar-refractivity contribution in [1.82, 2.24) is 16.2 Å². The molecule has 0 heterocycles. The third kappa shape index (κ3) is 6.63. The Morgan fingerprint density at radius 2 is 1.89 bits per heavy atom. The van der Waals surface area contributed by atoms with Crippen molar-refractivity contribution >= 4 is 68.3 Å². The zero-order chi connectivity index (χ0) is 20.7. The molecule has 0 saturated carbocycles. The highest BCUT2D eigenvalue weighted by Crippen LogP contribution is 2.26. The molecule has 0 aliphatic rings. The second-order valence-corrected chi connectivity index (χ2v) is 7.59. The molecule has 3 N–H and O–H groups in total. The first-order chi connectivity index (χ1) is 13.3. The quantitative estimate of drug-likeness (QED) is 0.423. The zero-order valence-electron chi connectivity index (χ0n) is 14.6. The van der Waals surface area contributed by atoms with Crippen molar-refractivity contribution in [2.45, 2.75) is 13.3 Å². The molecule has 28 heavy (non-hydrogen) atoms. The van der Waals surface area contributed by atoms with Gasteiger partial charge in [-0.15, -0.1) is 0 Å². The van der Waals surface area contributed by atoms with Crippen LogP contribution in [0.4, 0.5) is 0 Å². The van der Waals surface area contributed by atoms with E-state index in [1.165, 1.54) is 18.2 Å². The first kappa shape index (κ1) is 22.4. The van der Waals surface area contributed by atoms with Gasteiger partial charge in [0.2, 0.25) is 0 Å². The smallest absolute Gasteiger partial charge is 0.276 e. The van der Waals surface area contributed by atoms with Crippen LogP contribution in [0.1, 0.15) is 22.8 Å². The highest BCUT2D eigenvalue weighted by atomic mass is 79.9. The Hall–Kier alpha value is -1.87. The molecule has 2 rings (SSSR count). The van der Waals surface area contributed by atoms with Crippen molar-refractivity contribution < 1.29 is 14.3 Å². The number of carbonyl (C=O) groups is 2. The van der Waals surface area contributed by atoms with E-state index in [4.69, 9.17) is 40.2 Å². The normalized spacial score (nSPS) is 10.1. The second kappa shape index (κ2) is 10.6. The molecule has 10 heteroatoms. The molecule has 0 atom stereocenters. The van der Waals surface area contributed by atoms with E-state index in [0.29, 0.717) is 10.8 Å². The molecule has 0 aliphatic carbocycles. The van der Waals surface area contributed by atoms with Gasteiger partial charge in [0.05, 0.1) is 15.1 Å². The van der Waals surface area contributed by atoms with Crippen LogP contribution in [0.5, 0.6) is 5.75 Å². The largest absolute Gasteiger partial charge is 0.483 e. The molecule has 0 saturated heterocycles. The Morgan fingerprint density at radius 3 is 2.54 bits per heavy atom. The highest BCUT2D eigenvalue weighted by molar-refractivity contribution is 9.10. The fourth-order valence-electron chi connectivity index (χ4n) is 2.06. The number of aryl methyl sites for hydroxylation is 1. The number of nitrogens with one attached hydrogen (secondary N) is 3. The van der Waals surface area contributed by atoms with Crippen LogP contribution in [0.25, 0.3) is 0 Å². The van der Waals surface area contributed by atoms with Gasteiger partial charge in [-0.1, -0.05) is 36.2 Å². The number of carbonyl (C=O) groups excluding carboxylic acids is 2. The summed E-state index contributed by atoms with van der Waals surface area (Å²) in [6.07, 6.45) is 0.897. The van der Waals surface area contributed by atoms with Gasteiger partial charge in [0.15, 0.2) is 11.7 Å². The van der Waals surface area contributed by atoms with Crippen molar-refractivity contribution in [3.8, 4) is 5.75 Å². The average Bonchev–Trinajstić information content (AvgIpc) is 2.65. The number of hydrogen-bond donors (Lipinski definition) is 3. The van der Waals surface area contributed by atoms with Gasteiger partial charge < -0.3 is 4.74 Å². The van der Waals surface area contributed by atoms with E-state index in [2.05, 4.69) is 32.1 Å². The van der Waals surface area contributed by atoms with Crippen LogP contribution in [-0.4, -0.2) is 23.5 Å². The summed E-state index contributed by atoms with van der Waals surface area (Å²) in [5.74, 6) is -0.474. The van der Waals surface area contributed by atoms with Crippen LogP contribution in [0.2, 0.25) is 10.0 Å². The van der Waals surface area contributed by atoms with E-state index >= 15 is 0 Å². The van der Waals surface area contributed by atoms with Gasteiger partial charge >= 0.3 is 0 Å². The molecule has 6 nitrogen and oxygen atoms in total. The average molecular weight is 505 g/mol. The molecule has 148 valence electrons. The number of benzene rings is 2. The minimum absolute atomic E-state index is 0.0992. The Balaban J connectivity index is 1.79. The minimum Gasteiger partial charge on any atom is -0.483 e. The van der Waals surface area contributed by atoms with Crippen molar-refractivity contribution in [3.05, 3.63) is 62.0 Å². The minimum atomic E-state index is -0.537. The SMILES string of the molecule is CCc1ccc(OCC(=O)NNC(=S)NC(=O)c2ccc(Cl)cc2Cl)c(Br)c1. The first-order valence-corrected chi connectivity index (χ1v) is 10.0. The maximum absolute atomic E-state index is 12.1. The molecule has 2 aromatic rings. The zero-order valence-corrected chi connectivity index (χ0v) is 18.6. The van der Waals surface area contributed by atoms with Crippen LogP contribution < -0.4 is 20.9 Å². The topological polar surface area (TPSA) is 79.5 Å². The lowest BCUT2D eigenvalue weighted by molar-refractivity contribution is -0.123. The van der Waals surface area contributed by atoms with E-state index in [9.17, 15) is 9.59 Å². The molecular weight excluding hydrogens is 489 g/mol. The molecule has 0 aliphatic heterocycles. The van der Waals surface area contributed by atoms with Crippen molar-refractivity contribution in [2.24, 2.45) is 0 Å². The Labute approximate surface area is 186 Å². The first-order valence-electron chi connectivity index (χ1n) is 8.06. The van der Waals surface area contributed by atoms with E-state index < -0.39 is 11.8 Å². The molecule has 0 radical (unpaired) electrons. The third-order valence-electron chi connectivity index (χ3n) is 3.48. The number of hydrazine groups is 1. The standard InChI is InChI=1S/C18H16BrCl2N3O3S/c1-2-10-3-6-15(13(19)7-10)27-9-16(25)23-24-18(28)22-17(26)12-5-4-11(20)8-14(12)21/h3-8H,2,9H2,1H3,(H,23,25)(H2,22,24,26,28). The van der Waals surface area contributed by atoms with Crippen molar-refractivity contribution in [1.29, 1.82) is 0 Å². The fourth-order valence-corrected chi connectivity index (χ4v) is 3.24. The molecule has 0 unspecified atom stereocenters. The van der Waals surface area contributed by atoms with E-state index in [1.54, 1.807) is 6.07 Å². The summed E-state index contributed by atoms with van der Waals surface area (Å²) >= 11 is 20.1. The Bertz CT molecular complexity index is 912. The lowest BCUT2D eigenvalue weighted by atomic mass is 10.2. The maximum Gasteiger partial charge on any atom is 0.276 e. The second-order valence-electron chi connectivity index (χ2n) is 5.49. The lowest BCUT2D eigenvalue weighted by Crippen LogP contribution is -2.49. The summed E-state index contributed by atoms with van der Waals surface area (Å²) in [4.78, 5) is 24.0. The van der Waals surface area contributed by atoms with Gasteiger partial charge in [0.25, 0.3) is 11.8 Å². The molecule has 2 aromatic carbocycles. The van der Waals surface area contributed by atoms with Gasteiger partial charge in [0, 0.05) is 5.02 Å². The number of ether oxygens (including phenoxy) is 1. The van der Waals surface area contributed by atoms with Crippen molar-refractivity contribution in [3.63, 3.8) is 0 Å². The van der Waals surface area contributed by atoms with Crippen LogP contribution in [0.3, 0.4) is 0 Å². The monoisotopic (exact) mass is 503 g/mol. The summed E-state index contributed by atoms with van der Waals surface area (Å²) in [5.41, 5.74) is 6.10. The van der Waals surface area contributed by atoms with Gasteiger partial charge in [-0.3, -0.25) is 25.8 Å². The Kier molecular flexibility index (Phi) is 8.50. The number of thiocarbonyl (C=S) groups is 1. The van der Waals surface area contributed by atoms with Crippen LogP contribution in [-0.2, 0) is 11.2 Å².